The second-order valence-electron chi connectivity index (χ2n) is 6.99. The molecular weight excluding hydrogens is 344 g/mol. The fourth-order valence-corrected chi connectivity index (χ4v) is 3.39. The van der Waals surface area contributed by atoms with Crippen molar-refractivity contribution in [2.24, 2.45) is 0 Å². The molecule has 0 amide bonds. The molecule has 0 N–H and O–H groups in total. The van der Waals surface area contributed by atoms with Crippen molar-refractivity contribution >= 4 is 0 Å². The van der Waals surface area contributed by atoms with Gasteiger partial charge in [-0.25, -0.2) is 9.97 Å². The van der Waals surface area contributed by atoms with E-state index in [1.165, 1.54) is 22.3 Å². The van der Waals surface area contributed by atoms with Gasteiger partial charge < -0.3 is 0 Å². The number of aryl methyl sites for hydroxylation is 3. The molecule has 4 nitrogen and oxygen atoms in total. The first kappa shape index (κ1) is 19.3. The Bertz CT molecular complexity index is 1030. The molecule has 3 aromatic rings. The average molecular weight is 366 g/mol. The predicted molar refractivity (Wildman–Crippen MR) is 109 cm³/mol. The molecule has 0 atom stereocenters. The number of benzene rings is 2. The molecule has 0 spiro atoms. The van der Waals surface area contributed by atoms with Crippen LogP contribution in [0.2, 0.25) is 0 Å². The highest BCUT2D eigenvalue weighted by molar-refractivity contribution is 5.40. The Labute approximate surface area is 166 Å². The van der Waals surface area contributed by atoms with E-state index in [4.69, 9.17) is 15.5 Å². The molecule has 0 aliphatic heterocycles. The second kappa shape index (κ2) is 8.93. The van der Waals surface area contributed by atoms with Gasteiger partial charge in [0, 0.05) is 31.2 Å². The van der Waals surface area contributed by atoms with E-state index in [0.29, 0.717) is 18.4 Å². The lowest BCUT2D eigenvalue weighted by atomic mass is 9.94. The summed E-state index contributed by atoms with van der Waals surface area (Å²) >= 11 is 0. The number of nitriles is 2. The molecule has 0 aliphatic rings. The molecule has 0 bridgehead atoms. The Kier molecular flexibility index (Phi) is 6.14. The van der Waals surface area contributed by atoms with Crippen LogP contribution in [0.1, 0.15) is 51.3 Å². The van der Waals surface area contributed by atoms with Gasteiger partial charge in [-0.1, -0.05) is 24.3 Å². The lowest BCUT2D eigenvalue weighted by molar-refractivity contribution is 0.910. The number of hydrogen-bond acceptors (Lipinski definition) is 4. The minimum atomic E-state index is 0.544. The van der Waals surface area contributed by atoms with Gasteiger partial charge in [-0.3, -0.25) is 0 Å². The Morgan fingerprint density at radius 1 is 0.893 bits per heavy atom. The summed E-state index contributed by atoms with van der Waals surface area (Å²) in [5, 5.41) is 17.7. The first-order valence-corrected chi connectivity index (χ1v) is 9.35. The summed E-state index contributed by atoms with van der Waals surface area (Å²) in [6.45, 7) is 4.24. The maximum Gasteiger partial charge on any atom is 0.132 e. The third-order valence-corrected chi connectivity index (χ3v) is 4.85. The SMILES string of the molecule is Cc1cc(CCC#N)cc(C)c1Cc1ccnc(Cc2ccc(C#N)cc2)n1. The van der Waals surface area contributed by atoms with E-state index >= 15 is 0 Å². The maximum absolute atomic E-state index is 8.91. The van der Waals surface area contributed by atoms with Crippen LogP contribution in [-0.2, 0) is 19.3 Å². The standard InChI is InChI=1S/C24H22N4/c1-17-12-21(4-3-10-25)13-18(2)23(17)15-22-9-11-27-24(28-22)14-19-5-7-20(16-26)8-6-19/h5-9,11-13H,3-4,14-15H2,1-2H3. The number of hydrogen-bond donors (Lipinski definition) is 0. The Balaban J connectivity index is 1.77. The topological polar surface area (TPSA) is 73.4 Å². The molecule has 28 heavy (non-hydrogen) atoms. The van der Waals surface area contributed by atoms with Crippen LogP contribution in [0.15, 0.2) is 48.7 Å². The largest absolute Gasteiger partial charge is 0.241 e. The highest BCUT2D eigenvalue weighted by Crippen LogP contribution is 2.21. The van der Waals surface area contributed by atoms with Gasteiger partial charge in [-0.2, -0.15) is 10.5 Å². The Morgan fingerprint density at radius 3 is 2.25 bits per heavy atom. The summed E-state index contributed by atoms with van der Waals surface area (Å²) in [6.07, 6.45) is 4.56. The highest BCUT2D eigenvalue weighted by atomic mass is 14.9. The lowest BCUT2D eigenvalue weighted by Gasteiger charge is -2.12. The first-order chi connectivity index (χ1) is 13.6. The van der Waals surface area contributed by atoms with E-state index < -0.39 is 0 Å². The second-order valence-corrected chi connectivity index (χ2v) is 6.99. The summed E-state index contributed by atoms with van der Waals surface area (Å²) in [6, 6.07) is 18.2. The zero-order valence-electron chi connectivity index (χ0n) is 16.2. The van der Waals surface area contributed by atoms with Crippen molar-refractivity contribution in [3.8, 4) is 12.1 Å². The van der Waals surface area contributed by atoms with Crippen LogP contribution in [0.3, 0.4) is 0 Å². The van der Waals surface area contributed by atoms with E-state index in [0.717, 1.165) is 29.9 Å². The molecule has 138 valence electrons. The molecule has 0 unspecified atom stereocenters. The molecule has 3 rings (SSSR count). The minimum absolute atomic E-state index is 0.544. The van der Waals surface area contributed by atoms with Crippen molar-refractivity contribution in [2.45, 2.75) is 39.5 Å². The normalized spacial score (nSPS) is 10.3. The maximum atomic E-state index is 8.91. The Hall–Kier alpha value is -3.50. The quantitative estimate of drug-likeness (QED) is 0.639. The van der Waals surface area contributed by atoms with Crippen LogP contribution in [0, 0.1) is 36.5 Å². The van der Waals surface area contributed by atoms with Crippen molar-refractivity contribution < 1.29 is 0 Å². The van der Waals surface area contributed by atoms with Crippen molar-refractivity contribution in [3.05, 3.63) is 93.6 Å². The molecular formula is C24H22N4. The van der Waals surface area contributed by atoms with Crippen molar-refractivity contribution in [3.63, 3.8) is 0 Å². The molecule has 0 aliphatic carbocycles. The summed E-state index contributed by atoms with van der Waals surface area (Å²) in [7, 11) is 0. The van der Waals surface area contributed by atoms with Gasteiger partial charge in [0.1, 0.15) is 5.82 Å². The molecule has 2 aromatic carbocycles. The fourth-order valence-electron chi connectivity index (χ4n) is 3.39. The monoisotopic (exact) mass is 366 g/mol. The van der Waals surface area contributed by atoms with Gasteiger partial charge in [0.05, 0.1) is 17.7 Å². The highest BCUT2D eigenvalue weighted by Gasteiger charge is 2.09. The summed E-state index contributed by atoms with van der Waals surface area (Å²) in [5.74, 6) is 0.781. The fraction of sp³-hybridized carbons (Fsp3) is 0.250. The number of nitrogens with zero attached hydrogens (tertiary/aromatic N) is 4. The van der Waals surface area contributed by atoms with Crippen LogP contribution in [0.4, 0.5) is 0 Å². The third-order valence-electron chi connectivity index (χ3n) is 4.85. The van der Waals surface area contributed by atoms with Crippen LogP contribution in [-0.4, -0.2) is 9.97 Å². The van der Waals surface area contributed by atoms with Crippen LogP contribution in [0.25, 0.3) is 0 Å². The van der Waals surface area contributed by atoms with E-state index in [1.807, 2.05) is 36.5 Å². The molecule has 0 saturated heterocycles. The van der Waals surface area contributed by atoms with Gasteiger partial charge in [-0.05, 0) is 66.3 Å². The molecule has 1 heterocycles. The van der Waals surface area contributed by atoms with Crippen molar-refractivity contribution in [1.29, 1.82) is 10.5 Å². The molecule has 0 saturated carbocycles. The summed E-state index contributed by atoms with van der Waals surface area (Å²) in [5.41, 5.74) is 7.70. The van der Waals surface area contributed by atoms with Gasteiger partial charge in [0.15, 0.2) is 0 Å². The van der Waals surface area contributed by atoms with E-state index in [1.54, 1.807) is 0 Å². The van der Waals surface area contributed by atoms with Crippen LogP contribution in [0.5, 0.6) is 0 Å². The minimum Gasteiger partial charge on any atom is -0.241 e. The van der Waals surface area contributed by atoms with E-state index in [2.05, 4.69) is 43.1 Å². The lowest BCUT2D eigenvalue weighted by Crippen LogP contribution is -2.03. The predicted octanol–water partition coefficient (Wildman–Crippen LogP) is 4.60. The zero-order valence-corrected chi connectivity index (χ0v) is 16.2. The molecule has 0 radical (unpaired) electrons. The smallest absolute Gasteiger partial charge is 0.132 e. The van der Waals surface area contributed by atoms with E-state index in [9.17, 15) is 0 Å². The number of rotatable bonds is 6. The Morgan fingerprint density at radius 2 is 1.61 bits per heavy atom. The molecule has 0 fully saturated rings. The number of aromatic nitrogens is 2. The van der Waals surface area contributed by atoms with Gasteiger partial charge in [0.2, 0.25) is 0 Å². The van der Waals surface area contributed by atoms with Gasteiger partial charge in [-0.15, -0.1) is 0 Å². The van der Waals surface area contributed by atoms with Crippen molar-refractivity contribution in [2.75, 3.05) is 0 Å². The average Bonchev–Trinajstić information content (AvgIpc) is 2.70. The van der Waals surface area contributed by atoms with Gasteiger partial charge >= 0.3 is 0 Å². The van der Waals surface area contributed by atoms with Gasteiger partial charge in [0.25, 0.3) is 0 Å². The summed E-state index contributed by atoms with van der Waals surface area (Å²) < 4.78 is 0. The first-order valence-electron chi connectivity index (χ1n) is 9.35. The van der Waals surface area contributed by atoms with Crippen LogP contribution >= 0.6 is 0 Å². The molecule has 1 aromatic heterocycles. The van der Waals surface area contributed by atoms with Crippen molar-refractivity contribution in [1.82, 2.24) is 9.97 Å². The summed E-state index contributed by atoms with van der Waals surface area (Å²) in [4.78, 5) is 9.15. The van der Waals surface area contributed by atoms with E-state index in [-0.39, 0.29) is 0 Å². The van der Waals surface area contributed by atoms with Crippen LogP contribution < -0.4 is 0 Å². The third kappa shape index (κ3) is 4.81. The zero-order chi connectivity index (χ0) is 19.9. The molecule has 4 heteroatoms.